The van der Waals surface area contributed by atoms with Crippen molar-refractivity contribution in [2.24, 2.45) is 0 Å². The van der Waals surface area contributed by atoms with Gasteiger partial charge in [-0.15, -0.1) is 11.3 Å². The first-order chi connectivity index (χ1) is 17.3. The van der Waals surface area contributed by atoms with Crippen molar-refractivity contribution in [3.05, 3.63) is 76.0 Å². The average Bonchev–Trinajstić information content (AvgIpc) is 3.52. The van der Waals surface area contributed by atoms with E-state index in [0.29, 0.717) is 41.1 Å². The number of fused-ring (bicyclic) bond motifs is 1. The minimum absolute atomic E-state index is 0.0383. The second-order valence-corrected chi connectivity index (χ2v) is 9.56. The van der Waals surface area contributed by atoms with Crippen LogP contribution < -0.4 is 15.5 Å². The molecule has 9 heteroatoms. The third-order valence-electron chi connectivity index (χ3n) is 5.87. The average molecular weight is 505 g/mol. The Kier molecular flexibility index (Phi) is 7.52. The van der Waals surface area contributed by atoms with Crippen molar-refractivity contribution in [1.82, 2.24) is 4.90 Å². The molecule has 0 saturated heterocycles. The lowest BCUT2D eigenvalue weighted by molar-refractivity contribution is -0.118. The first-order valence-electron chi connectivity index (χ1n) is 11.4. The van der Waals surface area contributed by atoms with E-state index in [4.69, 9.17) is 4.74 Å². The van der Waals surface area contributed by atoms with Crippen molar-refractivity contribution in [1.29, 1.82) is 0 Å². The second-order valence-electron chi connectivity index (χ2n) is 8.61. The summed E-state index contributed by atoms with van der Waals surface area (Å²) >= 11 is 1.51. The molecule has 0 atom stereocenters. The standard InChI is InChI=1S/C27H28N4O4S/c1-30(2)14-13-23(32)31(3)19-10-8-18(9-11-19)28-25(22-6-5-15-36-22)24-20-12-7-17(27(34)35-4)16-21(20)29-26(24)33/h5-12,15-16,28H,13-14H2,1-4H3,(H,29,33)/b25-24-. The Labute approximate surface area is 214 Å². The number of carbonyl (C=O) groups is 3. The van der Waals surface area contributed by atoms with Gasteiger partial charge in [-0.05, 0) is 61.9 Å². The fraction of sp³-hybridized carbons (Fsp3) is 0.222. The molecule has 0 saturated carbocycles. The van der Waals surface area contributed by atoms with Crippen LogP contribution in [0, 0.1) is 0 Å². The van der Waals surface area contributed by atoms with Crippen LogP contribution in [0.5, 0.6) is 0 Å². The van der Waals surface area contributed by atoms with Gasteiger partial charge in [0.2, 0.25) is 5.91 Å². The Bertz CT molecular complexity index is 1310. The van der Waals surface area contributed by atoms with Crippen LogP contribution in [0.1, 0.15) is 27.2 Å². The number of rotatable bonds is 8. The Hall–Kier alpha value is -3.95. The zero-order valence-electron chi connectivity index (χ0n) is 20.6. The van der Waals surface area contributed by atoms with Gasteiger partial charge in [0, 0.05) is 37.0 Å². The van der Waals surface area contributed by atoms with Crippen molar-refractivity contribution >= 4 is 57.5 Å². The summed E-state index contributed by atoms with van der Waals surface area (Å²) in [6, 6.07) is 16.4. The zero-order chi connectivity index (χ0) is 25.8. The van der Waals surface area contributed by atoms with Crippen LogP contribution in [0.15, 0.2) is 60.0 Å². The van der Waals surface area contributed by atoms with E-state index in [9.17, 15) is 14.4 Å². The summed E-state index contributed by atoms with van der Waals surface area (Å²) in [7, 11) is 6.96. The zero-order valence-corrected chi connectivity index (χ0v) is 21.4. The van der Waals surface area contributed by atoms with Crippen LogP contribution in [0.3, 0.4) is 0 Å². The number of anilines is 3. The summed E-state index contributed by atoms with van der Waals surface area (Å²) in [4.78, 5) is 42.0. The molecule has 2 N–H and O–H groups in total. The van der Waals surface area contributed by atoms with E-state index >= 15 is 0 Å². The fourth-order valence-corrected chi connectivity index (χ4v) is 4.61. The van der Waals surface area contributed by atoms with Crippen LogP contribution in [0.4, 0.5) is 17.1 Å². The Balaban J connectivity index is 1.64. The van der Waals surface area contributed by atoms with Crippen molar-refractivity contribution in [2.75, 3.05) is 50.3 Å². The van der Waals surface area contributed by atoms with Gasteiger partial charge in [-0.2, -0.15) is 0 Å². The molecule has 3 aromatic rings. The molecule has 0 bridgehead atoms. The predicted molar refractivity (Wildman–Crippen MR) is 144 cm³/mol. The highest BCUT2D eigenvalue weighted by Gasteiger charge is 2.29. The van der Waals surface area contributed by atoms with E-state index < -0.39 is 5.97 Å². The number of nitrogens with one attached hydrogen (secondary N) is 2. The second kappa shape index (κ2) is 10.8. The number of esters is 1. The molecule has 2 aromatic carbocycles. The predicted octanol–water partition coefficient (Wildman–Crippen LogP) is 4.38. The maximum atomic E-state index is 13.1. The Morgan fingerprint density at radius 2 is 1.81 bits per heavy atom. The van der Waals surface area contributed by atoms with Crippen LogP contribution >= 0.6 is 11.3 Å². The lowest BCUT2D eigenvalue weighted by atomic mass is 10.0. The third kappa shape index (κ3) is 5.32. The SMILES string of the molecule is COC(=O)c1ccc2c(c1)NC(=O)/C2=C(\Nc1ccc(N(C)C(=O)CCN(C)C)cc1)c1cccs1. The van der Waals surface area contributed by atoms with Crippen LogP contribution in [0.25, 0.3) is 11.3 Å². The Morgan fingerprint density at radius 3 is 2.44 bits per heavy atom. The molecular weight excluding hydrogens is 476 g/mol. The number of hydrogen-bond acceptors (Lipinski definition) is 7. The van der Waals surface area contributed by atoms with E-state index in [1.54, 1.807) is 30.1 Å². The van der Waals surface area contributed by atoms with Gasteiger partial charge in [0.25, 0.3) is 5.91 Å². The topological polar surface area (TPSA) is 91.0 Å². The molecule has 0 fully saturated rings. The van der Waals surface area contributed by atoms with Crippen LogP contribution in [-0.4, -0.2) is 57.5 Å². The number of amides is 2. The fourth-order valence-electron chi connectivity index (χ4n) is 3.88. The van der Waals surface area contributed by atoms with Crippen molar-refractivity contribution in [2.45, 2.75) is 6.42 Å². The Morgan fingerprint density at radius 1 is 1.06 bits per heavy atom. The van der Waals surface area contributed by atoms with Gasteiger partial charge in [0.1, 0.15) is 0 Å². The van der Waals surface area contributed by atoms with Crippen molar-refractivity contribution < 1.29 is 19.1 Å². The molecule has 0 spiro atoms. The number of hydrogen-bond donors (Lipinski definition) is 2. The van der Waals surface area contributed by atoms with Gasteiger partial charge in [0.05, 0.1) is 34.5 Å². The first-order valence-corrected chi connectivity index (χ1v) is 12.3. The summed E-state index contributed by atoms with van der Waals surface area (Å²) in [5, 5.41) is 8.22. The highest BCUT2D eigenvalue weighted by Crippen LogP contribution is 2.39. The van der Waals surface area contributed by atoms with E-state index in [0.717, 1.165) is 16.3 Å². The molecule has 1 aliphatic heterocycles. The highest BCUT2D eigenvalue weighted by atomic mass is 32.1. The smallest absolute Gasteiger partial charge is 0.337 e. The maximum absolute atomic E-state index is 13.1. The lowest BCUT2D eigenvalue weighted by Gasteiger charge is -2.19. The van der Waals surface area contributed by atoms with Crippen molar-refractivity contribution in [3.8, 4) is 0 Å². The molecule has 2 amide bonds. The summed E-state index contributed by atoms with van der Waals surface area (Å²) in [5.74, 6) is -0.687. The molecule has 8 nitrogen and oxygen atoms in total. The van der Waals surface area contributed by atoms with Gasteiger partial charge in [-0.1, -0.05) is 12.1 Å². The molecule has 36 heavy (non-hydrogen) atoms. The summed E-state index contributed by atoms with van der Waals surface area (Å²) in [5.41, 5.74) is 4.33. The normalized spacial score (nSPS) is 13.8. The number of ether oxygens (including phenoxy) is 1. The number of thiophene rings is 1. The summed E-state index contributed by atoms with van der Waals surface area (Å²) in [6.07, 6.45) is 0.435. The summed E-state index contributed by atoms with van der Waals surface area (Å²) < 4.78 is 4.80. The number of benzene rings is 2. The van der Waals surface area contributed by atoms with Gasteiger partial charge >= 0.3 is 5.97 Å². The summed E-state index contributed by atoms with van der Waals surface area (Å²) in [6.45, 7) is 0.686. The van der Waals surface area contributed by atoms with E-state index in [2.05, 4.69) is 10.6 Å². The molecule has 186 valence electrons. The van der Waals surface area contributed by atoms with Gasteiger partial charge < -0.3 is 25.2 Å². The van der Waals surface area contributed by atoms with Crippen molar-refractivity contribution in [3.63, 3.8) is 0 Å². The molecule has 0 aliphatic carbocycles. The largest absolute Gasteiger partial charge is 0.465 e. The third-order valence-corrected chi connectivity index (χ3v) is 6.76. The van der Waals surface area contributed by atoms with Crippen LogP contribution in [0.2, 0.25) is 0 Å². The molecule has 4 rings (SSSR count). The van der Waals surface area contributed by atoms with Gasteiger partial charge in [0.15, 0.2) is 0 Å². The van der Waals surface area contributed by atoms with E-state index in [-0.39, 0.29) is 11.8 Å². The number of nitrogens with zero attached hydrogens (tertiary/aromatic N) is 2. The maximum Gasteiger partial charge on any atom is 0.337 e. The molecule has 0 unspecified atom stereocenters. The first kappa shape index (κ1) is 25.2. The minimum atomic E-state index is -0.466. The molecule has 1 aliphatic rings. The van der Waals surface area contributed by atoms with Gasteiger partial charge in [-0.3, -0.25) is 9.59 Å². The quantitative estimate of drug-likeness (QED) is 0.350. The monoisotopic (exact) mass is 504 g/mol. The molecule has 2 heterocycles. The number of methoxy groups -OCH3 is 1. The highest BCUT2D eigenvalue weighted by molar-refractivity contribution is 7.11. The molecule has 0 radical (unpaired) electrons. The number of carbonyl (C=O) groups excluding carboxylic acids is 3. The lowest BCUT2D eigenvalue weighted by Crippen LogP contribution is -2.29. The van der Waals surface area contributed by atoms with E-state index in [1.807, 2.05) is 60.8 Å². The van der Waals surface area contributed by atoms with Gasteiger partial charge in [-0.25, -0.2) is 4.79 Å². The molecular formula is C27H28N4O4S. The molecule has 1 aromatic heterocycles. The minimum Gasteiger partial charge on any atom is -0.465 e. The van der Waals surface area contributed by atoms with E-state index in [1.165, 1.54) is 18.4 Å². The van der Waals surface area contributed by atoms with Crippen LogP contribution in [-0.2, 0) is 14.3 Å².